The highest BCUT2D eigenvalue weighted by molar-refractivity contribution is 5.99. The summed E-state index contributed by atoms with van der Waals surface area (Å²) in [6.07, 6.45) is 9.13. The number of rotatable bonds is 20. The van der Waals surface area contributed by atoms with Crippen molar-refractivity contribution in [3.8, 4) is 23.0 Å². The third kappa shape index (κ3) is 11.1. The van der Waals surface area contributed by atoms with Crippen molar-refractivity contribution >= 4 is 5.78 Å². The van der Waals surface area contributed by atoms with Crippen LogP contribution >= 0.6 is 0 Å². The predicted molar refractivity (Wildman–Crippen MR) is 166 cm³/mol. The minimum Gasteiger partial charge on any atom is -0.491 e. The summed E-state index contributed by atoms with van der Waals surface area (Å²) in [5, 5.41) is 0. The monoisotopic (exact) mass is 554 g/mol. The first-order chi connectivity index (χ1) is 19.2. The van der Waals surface area contributed by atoms with Gasteiger partial charge in [-0.25, -0.2) is 0 Å². The van der Waals surface area contributed by atoms with E-state index in [0.717, 1.165) is 68.4 Å². The van der Waals surface area contributed by atoms with Crippen LogP contribution in [0.1, 0.15) is 129 Å². The van der Waals surface area contributed by atoms with E-state index in [-0.39, 0.29) is 30.2 Å². The molecule has 2 aromatic rings. The number of aryl methyl sites for hydroxylation is 1. The minimum atomic E-state index is -0.0122. The van der Waals surface area contributed by atoms with Crippen LogP contribution in [0.2, 0.25) is 0 Å². The molecule has 0 radical (unpaired) electrons. The summed E-state index contributed by atoms with van der Waals surface area (Å²) < 4.78 is 25.1. The largest absolute Gasteiger partial charge is 0.491 e. The summed E-state index contributed by atoms with van der Waals surface area (Å²) in [4.78, 5) is 13.7. The molecule has 40 heavy (non-hydrogen) atoms. The number of para-hydroxylation sites is 1. The first kappa shape index (κ1) is 33.5. The lowest BCUT2D eigenvalue weighted by Gasteiger charge is -2.22. The lowest BCUT2D eigenvalue weighted by atomic mass is 10.0. The number of ether oxygens (including phenoxy) is 4. The summed E-state index contributed by atoms with van der Waals surface area (Å²) >= 11 is 0. The molecule has 4 unspecified atom stereocenters. The fourth-order valence-corrected chi connectivity index (χ4v) is 5.00. The minimum absolute atomic E-state index is 0.0122. The summed E-state index contributed by atoms with van der Waals surface area (Å²) in [6.45, 7) is 16.9. The third-order valence-electron chi connectivity index (χ3n) is 7.03. The second-order valence-corrected chi connectivity index (χ2v) is 11.2. The smallest absolute Gasteiger partial charge is 0.172 e. The van der Waals surface area contributed by atoms with Gasteiger partial charge in [0.1, 0.15) is 11.5 Å². The van der Waals surface area contributed by atoms with Crippen molar-refractivity contribution in [1.29, 1.82) is 0 Å². The zero-order valence-electron chi connectivity index (χ0n) is 26.4. The van der Waals surface area contributed by atoms with Crippen molar-refractivity contribution < 1.29 is 23.7 Å². The van der Waals surface area contributed by atoms with Crippen LogP contribution in [-0.4, -0.2) is 30.2 Å². The van der Waals surface area contributed by atoms with E-state index in [1.807, 2.05) is 36.4 Å². The molecule has 0 saturated carbocycles. The van der Waals surface area contributed by atoms with Crippen molar-refractivity contribution in [2.24, 2.45) is 0 Å². The molecule has 0 bridgehead atoms. The van der Waals surface area contributed by atoms with Crippen LogP contribution in [0, 0.1) is 0 Å². The quantitative estimate of drug-likeness (QED) is 0.152. The van der Waals surface area contributed by atoms with Gasteiger partial charge < -0.3 is 18.9 Å². The van der Waals surface area contributed by atoms with Crippen LogP contribution in [0.15, 0.2) is 36.4 Å². The number of carbonyl (C=O) groups excluding carboxylic acids is 1. The summed E-state index contributed by atoms with van der Waals surface area (Å²) in [7, 11) is 0. The molecule has 0 fully saturated rings. The van der Waals surface area contributed by atoms with Crippen LogP contribution in [0.4, 0.5) is 0 Å². The maximum atomic E-state index is 13.7. The Morgan fingerprint density at radius 3 is 1.75 bits per heavy atom. The molecule has 0 aliphatic heterocycles. The summed E-state index contributed by atoms with van der Waals surface area (Å²) in [6, 6.07) is 11.7. The van der Waals surface area contributed by atoms with E-state index in [0.29, 0.717) is 29.9 Å². The standard InChI is InChI=1S/C35H54O5/c1-9-14-25(5)37-30-21-23-33(38-26(6)15-10-2)29(24-30)20-22-32(36)31-18-13-19-34(39-27(7)16-11-3)35(31)40-28(8)17-12-4/h13,18-19,21,23-28H,9-12,14-17,20,22H2,1-8H3. The molecular formula is C35H54O5. The molecule has 0 saturated heterocycles. The van der Waals surface area contributed by atoms with Crippen molar-refractivity contribution in [1.82, 2.24) is 0 Å². The molecule has 224 valence electrons. The number of benzene rings is 2. The molecule has 0 N–H and O–H groups in total. The summed E-state index contributed by atoms with van der Waals surface area (Å²) in [5.74, 6) is 2.88. The first-order valence-electron chi connectivity index (χ1n) is 15.7. The number of hydrogen-bond acceptors (Lipinski definition) is 5. The third-order valence-corrected chi connectivity index (χ3v) is 7.03. The van der Waals surface area contributed by atoms with Crippen molar-refractivity contribution in [3.05, 3.63) is 47.5 Å². The van der Waals surface area contributed by atoms with Gasteiger partial charge in [0.05, 0.1) is 30.0 Å². The van der Waals surface area contributed by atoms with Gasteiger partial charge in [-0.3, -0.25) is 4.79 Å². The molecule has 0 heterocycles. The Kier molecular flexibility index (Phi) is 15.0. The maximum Gasteiger partial charge on any atom is 0.172 e. The molecule has 0 amide bonds. The van der Waals surface area contributed by atoms with Crippen LogP contribution in [-0.2, 0) is 6.42 Å². The fraction of sp³-hybridized carbons (Fsp3) is 0.629. The van der Waals surface area contributed by atoms with Crippen molar-refractivity contribution in [3.63, 3.8) is 0 Å². The zero-order chi connectivity index (χ0) is 29.5. The van der Waals surface area contributed by atoms with Gasteiger partial charge in [-0.2, -0.15) is 0 Å². The lowest BCUT2D eigenvalue weighted by Crippen LogP contribution is -2.18. The van der Waals surface area contributed by atoms with Crippen molar-refractivity contribution in [2.75, 3.05) is 0 Å². The molecule has 0 spiro atoms. The first-order valence-corrected chi connectivity index (χ1v) is 15.7. The van der Waals surface area contributed by atoms with E-state index in [1.54, 1.807) is 0 Å². The van der Waals surface area contributed by atoms with Gasteiger partial charge in [0.25, 0.3) is 0 Å². The van der Waals surface area contributed by atoms with E-state index in [2.05, 4.69) is 55.4 Å². The Morgan fingerprint density at radius 1 is 0.650 bits per heavy atom. The molecule has 5 heteroatoms. The van der Waals surface area contributed by atoms with Gasteiger partial charge in [0.2, 0.25) is 0 Å². The molecule has 0 aliphatic carbocycles. The molecule has 2 aromatic carbocycles. The predicted octanol–water partition coefficient (Wildman–Crippen LogP) is 9.77. The summed E-state index contributed by atoms with van der Waals surface area (Å²) in [5.41, 5.74) is 1.57. The van der Waals surface area contributed by atoms with Gasteiger partial charge in [-0.15, -0.1) is 0 Å². The topological polar surface area (TPSA) is 54.0 Å². The van der Waals surface area contributed by atoms with Gasteiger partial charge >= 0.3 is 0 Å². The Bertz CT molecular complexity index is 1020. The molecule has 0 aromatic heterocycles. The highest BCUT2D eigenvalue weighted by atomic mass is 16.5. The maximum absolute atomic E-state index is 13.7. The van der Waals surface area contributed by atoms with Crippen LogP contribution < -0.4 is 18.9 Å². The van der Waals surface area contributed by atoms with Crippen LogP contribution in [0.5, 0.6) is 23.0 Å². The van der Waals surface area contributed by atoms with E-state index in [9.17, 15) is 4.79 Å². The van der Waals surface area contributed by atoms with Gasteiger partial charge in [0, 0.05) is 6.42 Å². The Balaban J connectivity index is 2.33. The Hall–Kier alpha value is -2.69. The van der Waals surface area contributed by atoms with E-state index < -0.39 is 0 Å². The second kappa shape index (κ2) is 17.9. The van der Waals surface area contributed by atoms with Gasteiger partial charge in [-0.1, -0.05) is 59.4 Å². The fourth-order valence-electron chi connectivity index (χ4n) is 5.00. The molecule has 4 atom stereocenters. The SMILES string of the molecule is CCCC(C)Oc1ccc(OC(C)CCC)c(CCC(=O)c2cccc(OC(C)CCC)c2OC(C)CCC)c1. The average Bonchev–Trinajstić information content (AvgIpc) is 2.90. The van der Waals surface area contributed by atoms with Crippen LogP contribution in [0.3, 0.4) is 0 Å². The Labute approximate surface area is 243 Å². The normalized spacial score (nSPS) is 14.2. The van der Waals surface area contributed by atoms with Gasteiger partial charge in [-0.05, 0) is 95.7 Å². The number of carbonyl (C=O) groups is 1. The van der Waals surface area contributed by atoms with E-state index >= 15 is 0 Å². The van der Waals surface area contributed by atoms with E-state index in [4.69, 9.17) is 18.9 Å². The average molecular weight is 555 g/mol. The molecule has 0 aliphatic rings. The highest BCUT2D eigenvalue weighted by Crippen LogP contribution is 2.36. The zero-order valence-corrected chi connectivity index (χ0v) is 26.4. The van der Waals surface area contributed by atoms with E-state index in [1.165, 1.54) is 0 Å². The number of Topliss-reactive ketones (excluding diaryl/α,β-unsaturated/α-hetero) is 1. The van der Waals surface area contributed by atoms with Crippen LogP contribution in [0.25, 0.3) is 0 Å². The molecule has 2 rings (SSSR count). The number of hydrogen-bond donors (Lipinski definition) is 0. The number of ketones is 1. The van der Waals surface area contributed by atoms with Crippen molar-refractivity contribution in [2.45, 2.75) is 144 Å². The second-order valence-electron chi connectivity index (χ2n) is 11.2. The lowest BCUT2D eigenvalue weighted by molar-refractivity contribution is 0.0971. The molecule has 5 nitrogen and oxygen atoms in total. The highest BCUT2D eigenvalue weighted by Gasteiger charge is 2.21. The Morgan fingerprint density at radius 2 is 1.18 bits per heavy atom. The van der Waals surface area contributed by atoms with Gasteiger partial charge in [0.15, 0.2) is 17.3 Å². The molecular weight excluding hydrogens is 500 g/mol.